The molecule has 1 saturated heterocycles. The van der Waals surface area contributed by atoms with E-state index >= 15 is 0 Å². The molecule has 2 atom stereocenters. The smallest absolute Gasteiger partial charge is 0.0346 e. The average Bonchev–Trinajstić information content (AvgIpc) is 3.23. The molecule has 0 radical (unpaired) electrons. The quantitative estimate of drug-likeness (QED) is 0.857. The molecule has 0 aromatic heterocycles. The molecule has 2 aliphatic rings. The van der Waals surface area contributed by atoms with Crippen LogP contribution in [0.15, 0.2) is 18.2 Å². The Morgan fingerprint density at radius 3 is 2.78 bits per heavy atom. The molecule has 2 nitrogen and oxygen atoms in total. The van der Waals surface area contributed by atoms with Crippen LogP contribution in [0, 0.1) is 5.92 Å². The van der Waals surface area contributed by atoms with Crippen LogP contribution < -0.4 is 11.1 Å². The Labute approximate surface area is 110 Å². The fourth-order valence-corrected chi connectivity index (χ4v) is 3.28. The van der Waals surface area contributed by atoms with E-state index in [0.29, 0.717) is 12.6 Å². The minimum Gasteiger partial charge on any atom is -0.326 e. The van der Waals surface area contributed by atoms with Gasteiger partial charge in [-0.05, 0) is 60.8 Å². The van der Waals surface area contributed by atoms with E-state index in [1.165, 1.54) is 42.4 Å². The molecule has 1 aliphatic carbocycles. The number of piperidine rings is 1. The average molecular weight is 244 g/mol. The highest BCUT2D eigenvalue weighted by atomic mass is 14.9. The first-order valence-corrected chi connectivity index (χ1v) is 7.35. The molecule has 2 fully saturated rings. The molecule has 18 heavy (non-hydrogen) atoms. The number of hydrogen-bond donors (Lipinski definition) is 2. The fraction of sp³-hybridized carbons (Fsp3) is 0.625. The van der Waals surface area contributed by atoms with Crippen molar-refractivity contribution in [2.45, 2.75) is 51.1 Å². The molecule has 3 N–H and O–H groups in total. The highest BCUT2D eigenvalue weighted by molar-refractivity contribution is 5.38. The Morgan fingerprint density at radius 2 is 2.11 bits per heavy atom. The van der Waals surface area contributed by atoms with Crippen LogP contribution in [0.4, 0.5) is 0 Å². The van der Waals surface area contributed by atoms with Gasteiger partial charge in [0.25, 0.3) is 0 Å². The fourth-order valence-electron chi connectivity index (χ4n) is 3.28. The summed E-state index contributed by atoms with van der Waals surface area (Å²) in [6.45, 7) is 4.19. The van der Waals surface area contributed by atoms with Crippen molar-refractivity contribution in [3.63, 3.8) is 0 Å². The van der Waals surface area contributed by atoms with E-state index in [-0.39, 0.29) is 0 Å². The number of rotatable bonds is 3. The third kappa shape index (κ3) is 2.32. The summed E-state index contributed by atoms with van der Waals surface area (Å²) in [4.78, 5) is 0. The van der Waals surface area contributed by atoms with Gasteiger partial charge in [-0.25, -0.2) is 0 Å². The van der Waals surface area contributed by atoms with Gasteiger partial charge in [0.15, 0.2) is 0 Å². The van der Waals surface area contributed by atoms with Crippen molar-refractivity contribution in [2.75, 3.05) is 6.54 Å². The molecule has 1 aromatic carbocycles. The highest BCUT2D eigenvalue weighted by Gasteiger charge is 2.27. The van der Waals surface area contributed by atoms with Gasteiger partial charge in [0.05, 0.1) is 0 Å². The van der Waals surface area contributed by atoms with Crippen molar-refractivity contribution in [3.8, 4) is 0 Å². The van der Waals surface area contributed by atoms with Crippen LogP contribution in [0.1, 0.15) is 61.3 Å². The standard InChI is InChI=1S/C16H24N2/c1-11-3-2-8-18-16(11)13-6-7-15(12-4-5-12)14(9-13)10-17/h6-7,9,11-12,16,18H,2-5,8,10,17H2,1H3. The summed E-state index contributed by atoms with van der Waals surface area (Å²) in [6.07, 6.45) is 5.34. The van der Waals surface area contributed by atoms with E-state index in [4.69, 9.17) is 5.73 Å². The number of nitrogens with two attached hydrogens (primary N) is 1. The summed E-state index contributed by atoms with van der Waals surface area (Å²) < 4.78 is 0. The molecule has 0 amide bonds. The summed E-state index contributed by atoms with van der Waals surface area (Å²) in [5.74, 6) is 1.53. The SMILES string of the molecule is CC1CCCNC1c1ccc(C2CC2)c(CN)c1. The van der Waals surface area contributed by atoms with Gasteiger partial charge in [0.2, 0.25) is 0 Å². The van der Waals surface area contributed by atoms with Gasteiger partial charge in [-0.1, -0.05) is 25.1 Å². The largest absolute Gasteiger partial charge is 0.326 e. The second kappa shape index (κ2) is 5.02. The van der Waals surface area contributed by atoms with Gasteiger partial charge in [-0.2, -0.15) is 0 Å². The number of benzene rings is 1. The van der Waals surface area contributed by atoms with E-state index in [2.05, 4.69) is 30.4 Å². The molecule has 3 rings (SSSR count). The van der Waals surface area contributed by atoms with Crippen LogP contribution in [0.5, 0.6) is 0 Å². The lowest BCUT2D eigenvalue weighted by Crippen LogP contribution is -2.32. The summed E-state index contributed by atoms with van der Waals surface area (Å²) in [5.41, 5.74) is 10.2. The monoisotopic (exact) mass is 244 g/mol. The van der Waals surface area contributed by atoms with Gasteiger partial charge in [-0.15, -0.1) is 0 Å². The molecular weight excluding hydrogens is 220 g/mol. The second-order valence-corrected chi connectivity index (χ2v) is 5.99. The minimum atomic E-state index is 0.525. The number of nitrogens with one attached hydrogen (secondary N) is 1. The maximum Gasteiger partial charge on any atom is 0.0346 e. The third-order valence-corrected chi connectivity index (χ3v) is 4.53. The summed E-state index contributed by atoms with van der Waals surface area (Å²) >= 11 is 0. The van der Waals surface area contributed by atoms with Crippen molar-refractivity contribution >= 4 is 0 Å². The maximum absolute atomic E-state index is 5.93. The van der Waals surface area contributed by atoms with Crippen molar-refractivity contribution in [3.05, 3.63) is 34.9 Å². The molecule has 1 aliphatic heterocycles. The first-order valence-electron chi connectivity index (χ1n) is 7.35. The first-order chi connectivity index (χ1) is 8.79. The van der Waals surface area contributed by atoms with E-state index < -0.39 is 0 Å². The van der Waals surface area contributed by atoms with Crippen molar-refractivity contribution < 1.29 is 0 Å². The zero-order valence-electron chi connectivity index (χ0n) is 11.3. The first kappa shape index (κ1) is 12.2. The van der Waals surface area contributed by atoms with Crippen molar-refractivity contribution in [1.29, 1.82) is 0 Å². The Bertz CT molecular complexity index is 423. The number of hydrogen-bond acceptors (Lipinski definition) is 2. The molecule has 1 saturated carbocycles. The lowest BCUT2D eigenvalue weighted by molar-refractivity contribution is 0.305. The third-order valence-electron chi connectivity index (χ3n) is 4.53. The van der Waals surface area contributed by atoms with Gasteiger partial charge < -0.3 is 11.1 Å². The van der Waals surface area contributed by atoms with Crippen LogP contribution in [0.2, 0.25) is 0 Å². The maximum atomic E-state index is 5.93. The zero-order valence-corrected chi connectivity index (χ0v) is 11.3. The normalized spacial score (nSPS) is 28.3. The van der Waals surface area contributed by atoms with Gasteiger partial charge in [-0.3, -0.25) is 0 Å². The predicted octanol–water partition coefficient (Wildman–Crippen LogP) is 3.08. The highest BCUT2D eigenvalue weighted by Crippen LogP contribution is 2.42. The Kier molecular flexibility index (Phi) is 3.40. The zero-order chi connectivity index (χ0) is 12.5. The topological polar surface area (TPSA) is 38.0 Å². The van der Waals surface area contributed by atoms with Gasteiger partial charge in [0.1, 0.15) is 0 Å². The van der Waals surface area contributed by atoms with Crippen LogP contribution in [-0.2, 0) is 6.54 Å². The van der Waals surface area contributed by atoms with Crippen molar-refractivity contribution in [1.82, 2.24) is 5.32 Å². The molecule has 2 heteroatoms. The Morgan fingerprint density at radius 1 is 1.28 bits per heavy atom. The summed E-state index contributed by atoms with van der Waals surface area (Å²) in [5, 5.41) is 3.66. The molecule has 98 valence electrons. The van der Waals surface area contributed by atoms with Crippen LogP contribution >= 0.6 is 0 Å². The van der Waals surface area contributed by atoms with Crippen molar-refractivity contribution in [2.24, 2.45) is 11.7 Å². The molecule has 2 unspecified atom stereocenters. The van der Waals surface area contributed by atoms with E-state index in [0.717, 1.165) is 18.4 Å². The van der Waals surface area contributed by atoms with Gasteiger partial charge in [0, 0.05) is 12.6 Å². The second-order valence-electron chi connectivity index (χ2n) is 5.99. The predicted molar refractivity (Wildman–Crippen MR) is 75.5 cm³/mol. The van der Waals surface area contributed by atoms with Crippen LogP contribution in [-0.4, -0.2) is 6.54 Å². The molecular formula is C16H24N2. The van der Waals surface area contributed by atoms with E-state index in [1.807, 2.05) is 0 Å². The molecule has 0 bridgehead atoms. The Hall–Kier alpha value is -0.860. The molecule has 0 spiro atoms. The summed E-state index contributed by atoms with van der Waals surface area (Å²) in [6, 6.07) is 7.54. The Balaban J connectivity index is 1.87. The lowest BCUT2D eigenvalue weighted by Gasteiger charge is -2.31. The van der Waals surface area contributed by atoms with E-state index in [9.17, 15) is 0 Å². The van der Waals surface area contributed by atoms with Crippen LogP contribution in [0.3, 0.4) is 0 Å². The minimum absolute atomic E-state index is 0.525. The molecule has 1 heterocycles. The van der Waals surface area contributed by atoms with Gasteiger partial charge >= 0.3 is 0 Å². The molecule has 1 aromatic rings. The van der Waals surface area contributed by atoms with Crippen LogP contribution in [0.25, 0.3) is 0 Å². The lowest BCUT2D eigenvalue weighted by atomic mass is 9.86. The summed E-state index contributed by atoms with van der Waals surface area (Å²) in [7, 11) is 0. The van der Waals surface area contributed by atoms with E-state index in [1.54, 1.807) is 0 Å².